The van der Waals surface area contributed by atoms with Gasteiger partial charge in [-0.25, -0.2) is 0 Å². The lowest BCUT2D eigenvalue weighted by atomic mass is 9.84. The van der Waals surface area contributed by atoms with Gasteiger partial charge in [0, 0.05) is 23.5 Å². The lowest BCUT2D eigenvalue weighted by molar-refractivity contribution is -0.121. The van der Waals surface area contributed by atoms with Gasteiger partial charge >= 0.3 is 0 Å². The lowest BCUT2D eigenvalue weighted by Crippen LogP contribution is -2.42. The van der Waals surface area contributed by atoms with E-state index < -0.39 is 0 Å². The highest BCUT2D eigenvalue weighted by Crippen LogP contribution is 2.47. The summed E-state index contributed by atoms with van der Waals surface area (Å²) < 4.78 is 0. The number of aromatic nitrogens is 1. The summed E-state index contributed by atoms with van der Waals surface area (Å²) >= 11 is 0. The van der Waals surface area contributed by atoms with Crippen molar-refractivity contribution in [1.82, 2.24) is 10.3 Å². The van der Waals surface area contributed by atoms with Crippen molar-refractivity contribution < 1.29 is 9.59 Å². The third-order valence-corrected chi connectivity index (χ3v) is 5.83. The summed E-state index contributed by atoms with van der Waals surface area (Å²) in [5.74, 6) is 0.531. The summed E-state index contributed by atoms with van der Waals surface area (Å²) in [5, 5.41) is 5.80. The molecule has 1 heterocycles. The summed E-state index contributed by atoms with van der Waals surface area (Å²) in [4.78, 5) is 29.3. The van der Waals surface area contributed by atoms with E-state index in [4.69, 9.17) is 5.73 Å². The van der Waals surface area contributed by atoms with E-state index >= 15 is 0 Å². The van der Waals surface area contributed by atoms with Crippen molar-refractivity contribution in [1.29, 1.82) is 0 Å². The van der Waals surface area contributed by atoms with E-state index in [9.17, 15) is 9.59 Å². The van der Waals surface area contributed by atoms with Crippen LogP contribution in [0.15, 0.2) is 48.7 Å². The molecule has 2 aliphatic carbocycles. The van der Waals surface area contributed by atoms with Crippen molar-refractivity contribution in [3.8, 4) is 0 Å². The monoisotopic (exact) mass is 436 g/mol. The summed E-state index contributed by atoms with van der Waals surface area (Å²) in [5.41, 5.74) is 8.18. The fourth-order valence-electron chi connectivity index (χ4n) is 4.46. The highest BCUT2D eigenvalue weighted by molar-refractivity contribution is 5.98. The number of carbonyl (C=O) groups excluding carboxylic acids is 2. The number of hydrogen-bond donors (Lipinski definition) is 3. The maximum absolute atomic E-state index is 12.7. The predicted octanol–water partition coefficient (Wildman–Crippen LogP) is 3.17. The molecule has 2 fully saturated rings. The number of halogens is 2. The lowest BCUT2D eigenvalue weighted by Gasteiger charge is -2.27. The zero-order valence-electron chi connectivity index (χ0n) is 15.9. The van der Waals surface area contributed by atoms with Gasteiger partial charge in [0.05, 0.1) is 18.2 Å². The number of nitrogens with two attached hydrogens (primary N) is 1. The highest BCUT2D eigenvalue weighted by Gasteiger charge is 2.49. The number of benzene rings is 1. The molecule has 4 unspecified atom stereocenters. The zero-order valence-corrected chi connectivity index (χ0v) is 17.5. The Morgan fingerprint density at radius 1 is 1.07 bits per heavy atom. The van der Waals surface area contributed by atoms with Crippen LogP contribution in [0.2, 0.25) is 0 Å². The van der Waals surface area contributed by atoms with Gasteiger partial charge in [0.15, 0.2) is 0 Å². The van der Waals surface area contributed by atoms with Crippen molar-refractivity contribution in [3.05, 3.63) is 59.9 Å². The van der Waals surface area contributed by atoms with Crippen LogP contribution >= 0.6 is 24.8 Å². The molecule has 0 spiro atoms. The largest absolute Gasteiger partial charge is 0.346 e. The van der Waals surface area contributed by atoms with Gasteiger partial charge in [0.1, 0.15) is 0 Å². The molecule has 0 aliphatic heterocycles. The Morgan fingerprint density at radius 2 is 1.86 bits per heavy atom. The van der Waals surface area contributed by atoms with Gasteiger partial charge in [-0.3, -0.25) is 14.6 Å². The number of carbonyl (C=O) groups is 2. The Kier molecular flexibility index (Phi) is 8.02. The van der Waals surface area contributed by atoms with Gasteiger partial charge in [-0.15, -0.1) is 24.8 Å². The van der Waals surface area contributed by atoms with Gasteiger partial charge in [0.25, 0.3) is 5.91 Å². The number of amides is 2. The van der Waals surface area contributed by atoms with Crippen LogP contribution in [-0.4, -0.2) is 22.8 Å². The minimum Gasteiger partial charge on any atom is -0.346 e. The van der Waals surface area contributed by atoms with Crippen LogP contribution in [0.25, 0.3) is 0 Å². The van der Waals surface area contributed by atoms with E-state index in [1.807, 2.05) is 18.2 Å². The number of nitrogens with one attached hydrogen (secondary N) is 2. The molecule has 2 aliphatic rings. The molecule has 2 bridgehead atoms. The second-order valence-corrected chi connectivity index (χ2v) is 7.51. The SMILES string of the molecule is Cl.Cl.NC1C2CCC(C2)C1C(=O)Nc1cccc(C(=O)NCc2ccccn2)c1. The Morgan fingerprint density at radius 3 is 2.55 bits per heavy atom. The van der Waals surface area contributed by atoms with Crippen molar-refractivity contribution >= 4 is 42.3 Å². The Labute approximate surface area is 182 Å². The Hall–Kier alpha value is -2.15. The van der Waals surface area contributed by atoms with Gasteiger partial charge in [0.2, 0.25) is 5.91 Å². The summed E-state index contributed by atoms with van der Waals surface area (Å²) in [6.07, 6.45) is 4.99. The average Bonchev–Trinajstić information content (AvgIpc) is 3.28. The predicted molar refractivity (Wildman–Crippen MR) is 117 cm³/mol. The fourth-order valence-corrected chi connectivity index (χ4v) is 4.46. The molecule has 4 rings (SSSR count). The molecule has 2 aromatic rings. The molecule has 2 amide bonds. The number of hydrogen-bond acceptors (Lipinski definition) is 4. The van der Waals surface area contributed by atoms with Crippen molar-refractivity contribution in [3.63, 3.8) is 0 Å². The van der Waals surface area contributed by atoms with Crippen LogP contribution in [-0.2, 0) is 11.3 Å². The second kappa shape index (κ2) is 10.1. The molecular formula is C21H26Cl2N4O2. The molecule has 1 aromatic heterocycles. The van der Waals surface area contributed by atoms with E-state index in [0.717, 1.165) is 25.0 Å². The van der Waals surface area contributed by atoms with E-state index in [0.29, 0.717) is 29.6 Å². The first-order valence-electron chi connectivity index (χ1n) is 9.46. The van der Waals surface area contributed by atoms with Crippen LogP contribution < -0.4 is 16.4 Å². The molecule has 8 heteroatoms. The van der Waals surface area contributed by atoms with Crippen LogP contribution in [0.1, 0.15) is 35.3 Å². The van der Waals surface area contributed by atoms with Crippen LogP contribution in [0.5, 0.6) is 0 Å². The van der Waals surface area contributed by atoms with Crippen molar-refractivity contribution in [2.75, 3.05) is 5.32 Å². The first kappa shape index (κ1) is 23.1. The zero-order chi connectivity index (χ0) is 18.8. The minimum absolute atomic E-state index is 0. The topological polar surface area (TPSA) is 97.1 Å². The molecule has 4 N–H and O–H groups in total. The summed E-state index contributed by atoms with van der Waals surface area (Å²) in [6.45, 7) is 0.357. The molecule has 156 valence electrons. The number of fused-ring (bicyclic) bond motifs is 2. The number of pyridine rings is 1. The number of anilines is 1. The molecular weight excluding hydrogens is 411 g/mol. The third kappa shape index (κ3) is 5.07. The van der Waals surface area contributed by atoms with Gasteiger partial charge in [-0.05, 0) is 61.4 Å². The van der Waals surface area contributed by atoms with E-state index in [2.05, 4.69) is 15.6 Å². The minimum atomic E-state index is -0.201. The van der Waals surface area contributed by atoms with E-state index in [-0.39, 0.29) is 48.6 Å². The Balaban J connectivity index is 0.00000150. The number of nitrogens with zero attached hydrogens (tertiary/aromatic N) is 1. The molecule has 4 atom stereocenters. The molecule has 29 heavy (non-hydrogen) atoms. The normalized spacial score (nSPS) is 24.2. The summed E-state index contributed by atoms with van der Waals surface area (Å²) in [7, 11) is 0. The second-order valence-electron chi connectivity index (χ2n) is 7.51. The quantitative estimate of drug-likeness (QED) is 0.670. The fraction of sp³-hybridized carbons (Fsp3) is 0.381. The smallest absolute Gasteiger partial charge is 0.251 e. The van der Waals surface area contributed by atoms with Crippen LogP contribution in [0, 0.1) is 17.8 Å². The maximum atomic E-state index is 12.7. The van der Waals surface area contributed by atoms with E-state index in [1.54, 1.807) is 30.5 Å². The van der Waals surface area contributed by atoms with Crippen LogP contribution in [0.4, 0.5) is 5.69 Å². The Bertz CT molecular complexity index is 848. The van der Waals surface area contributed by atoms with Crippen molar-refractivity contribution in [2.45, 2.75) is 31.8 Å². The molecule has 0 saturated heterocycles. The number of rotatable bonds is 5. The first-order chi connectivity index (χ1) is 13.1. The molecule has 1 aromatic carbocycles. The standard InChI is InChI=1S/C21H24N4O2.2ClH/c22-19-14-8-7-13(10-14)18(19)21(27)25-16-6-3-4-15(11-16)20(26)24-12-17-5-1-2-9-23-17;;/h1-6,9,11,13-14,18-19H,7-8,10,12,22H2,(H,24,26)(H,25,27);2*1H. The first-order valence-corrected chi connectivity index (χ1v) is 9.46. The van der Waals surface area contributed by atoms with Gasteiger partial charge in [-0.1, -0.05) is 12.1 Å². The van der Waals surface area contributed by atoms with Gasteiger partial charge < -0.3 is 16.4 Å². The summed E-state index contributed by atoms with van der Waals surface area (Å²) in [6, 6.07) is 12.5. The van der Waals surface area contributed by atoms with E-state index in [1.165, 1.54) is 0 Å². The molecule has 2 saturated carbocycles. The molecule has 0 radical (unpaired) electrons. The van der Waals surface area contributed by atoms with Gasteiger partial charge in [-0.2, -0.15) is 0 Å². The highest BCUT2D eigenvalue weighted by atomic mass is 35.5. The van der Waals surface area contributed by atoms with Crippen LogP contribution in [0.3, 0.4) is 0 Å². The molecule has 6 nitrogen and oxygen atoms in total. The van der Waals surface area contributed by atoms with Crippen molar-refractivity contribution in [2.24, 2.45) is 23.5 Å². The third-order valence-electron chi connectivity index (χ3n) is 5.83. The average molecular weight is 437 g/mol. The maximum Gasteiger partial charge on any atom is 0.251 e.